The molecule has 24 heavy (non-hydrogen) atoms. The summed E-state index contributed by atoms with van der Waals surface area (Å²) in [5.74, 6) is -2.39. The molecule has 7 heteroatoms. The number of nitrogens with one attached hydrogen (secondary N) is 2. The summed E-state index contributed by atoms with van der Waals surface area (Å²) in [4.78, 5) is 53.5. The van der Waals surface area contributed by atoms with E-state index in [1.807, 2.05) is 0 Å². The maximum absolute atomic E-state index is 12.8. The first-order chi connectivity index (χ1) is 11.2. The zero-order valence-electron chi connectivity index (χ0n) is 13.8. The molecular weight excluding hydrogens is 310 g/mol. The maximum Gasteiger partial charge on any atom is 0.288 e. The predicted octanol–water partition coefficient (Wildman–Crippen LogP) is 0.807. The molecule has 2 atom stereocenters. The molecule has 2 unspecified atom stereocenters. The summed E-state index contributed by atoms with van der Waals surface area (Å²) in [5, 5.41) is 0. The molecule has 2 fully saturated rings. The summed E-state index contributed by atoms with van der Waals surface area (Å²) < 4.78 is 0. The third-order valence-corrected chi connectivity index (χ3v) is 6.12. The number of hydrogen-bond donors (Lipinski definition) is 2. The van der Waals surface area contributed by atoms with Gasteiger partial charge in [-0.25, -0.2) is 0 Å². The Hall–Kier alpha value is -2.57. The van der Waals surface area contributed by atoms with Crippen LogP contribution in [0.1, 0.15) is 44.1 Å². The van der Waals surface area contributed by atoms with Crippen molar-refractivity contribution in [3.05, 3.63) is 30.1 Å². The summed E-state index contributed by atoms with van der Waals surface area (Å²) in [6, 6.07) is 4.81. The highest BCUT2D eigenvalue weighted by atomic mass is 16.2. The molecule has 2 aliphatic carbocycles. The highest BCUT2D eigenvalue weighted by Crippen LogP contribution is 2.68. The summed E-state index contributed by atoms with van der Waals surface area (Å²) in [7, 11) is 0. The van der Waals surface area contributed by atoms with E-state index < -0.39 is 39.6 Å². The van der Waals surface area contributed by atoms with Gasteiger partial charge in [0.1, 0.15) is 11.1 Å². The first-order valence-corrected chi connectivity index (χ1v) is 7.79. The number of ketones is 2. The Labute approximate surface area is 139 Å². The molecule has 1 heterocycles. The maximum atomic E-state index is 12.8. The topological polar surface area (TPSA) is 105 Å². The first kappa shape index (κ1) is 16.3. The molecule has 126 valence electrons. The smallest absolute Gasteiger partial charge is 0.288 e. The molecule has 1 aromatic heterocycles. The van der Waals surface area contributed by atoms with Crippen LogP contribution in [0.25, 0.3) is 0 Å². The van der Waals surface area contributed by atoms with Gasteiger partial charge in [-0.05, 0) is 30.4 Å². The van der Waals surface area contributed by atoms with E-state index in [1.54, 1.807) is 32.9 Å². The van der Waals surface area contributed by atoms with Gasteiger partial charge >= 0.3 is 0 Å². The molecular formula is C17H19N3O4. The second-order valence-corrected chi connectivity index (χ2v) is 7.14. The average Bonchev–Trinajstić information content (AvgIpc) is 2.85. The Balaban J connectivity index is 1.82. The molecule has 0 radical (unpaired) electrons. The third-order valence-electron chi connectivity index (χ3n) is 6.12. The zero-order chi connectivity index (χ0) is 17.8. The van der Waals surface area contributed by atoms with Crippen molar-refractivity contribution in [2.75, 3.05) is 0 Å². The number of carbonyl (C=O) groups is 4. The van der Waals surface area contributed by atoms with Gasteiger partial charge in [0, 0.05) is 11.6 Å². The van der Waals surface area contributed by atoms with Gasteiger partial charge in [0.15, 0.2) is 0 Å². The Bertz CT molecular complexity index is 758. The molecule has 0 saturated heterocycles. The van der Waals surface area contributed by atoms with Crippen molar-refractivity contribution < 1.29 is 19.2 Å². The Morgan fingerprint density at radius 2 is 1.75 bits per heavy atom. The van der Waals surface area contributed by atoms with Gasteiger partial charge in [0.2, 0.25) is 11.6 Å². The monoisotopic (exact) mass is 329 g/mol. The van der Waals surface area contributed by atoms with E-state index in [2.05, 4.69) is 15.8 Å². The van der Waals surface area contributed by atoms with Crippen LogP contribution in [-0.2, 0) is 14.4 Å². The molecule has 7 nitrogen and oxygen atoms in total. The zero-order valence-corrected chi connectivity index (χ0v) is 13.8. The number of hydrogen-bond acceptors (Lipinski definition) is 5. The SMILES string of the molecule is CC12CCC(C(=O)NNC(=O)c3ccccn3)(C(=O)C1=O)C2(C)C. The number of fused-ring (bicyclic) bond motifs is 2. The normalized spacial score (nSPS) is 30.3. The molecule has 2 bridgehead atoms. The molecule has 1 aromatic rings. The van der Waals surface area contributed by atoms with Gasteiger partial charge in [0.25, 0.3) is 11.8 Å². The number of rotatable bonds is 2. The minimum atomic E-state index is -1.43. The Morgan fingerprint density at radius 3 is 2.29 bits per heavy atom. The van der Waals surface area contributed by atoms with Gasteiger partial charge in [-0.3, -0.25) is 35.0 Å². The van der Waals surface area contributed by atoms with Crippen molar-refractivity contribution in [1.29, 1.82) is 0 Å². The molecule has 2 saturated carbocycles. The fourth-order valence-corrected chi connectivity index (χ4v) is 4.05. The van der Waals surface area contributed by atoms with Gasteiger partial charge in [-0.15, -0.1) is 0 Å². The number of amides is 2. The second kappa shape index (κ2) is 4.96. The number of nitrogens with zero attached hydrogens (tertiary/aromatic N) is 1. The fraction of sp³-hybridized carbons (Fsp3) is 0.471. The lowest BCUT2D eigenvalue weighted by Gasteiger charge is -2.36. The van der Waals surface area contributed by atoms with E-state index in [9.17, 15) is 19.2 Å². The molecule has 0 aliphatic heterocycles. The van der Waals surface area contributed by atoms with Crippen LogP contribution in [-0.4, -0.2) is 28.4 Å². The molecule has 2 N–H and O–H groups in total. The summed E-state index contributed by atoms with van der Waals surface area (Å²) in [6.07, 6.45) is 2.23. The average molecular weight is 329 g/mol. The van der Waals surface area contributed by atoms with Crippen molar-refractivity contribution in [3.8, 4) is 0 Å². The van der Waals surface area contributed by atoms with Crippen molar-refractivity contribution in [3.63, 3.8) is 0 Å². The standard InChI is InChI=1S/C17H19N3O4/c1-15(2)16(3)7-8-17(15,12(22)11(16)21)14(24)20-19-13(23)10-6-4-5-9-18-10/h4-6,9H,7-8H2,1-3H3,(H,19,23)(H,20,24). The molecule has 3 rings (SSSR count). The Kier molecular flexibility index (Phi) is 3.37. The van der Waals surface area contributed by atoms with Gasteiger partial charge in [-0.1, -0.05) is 26.8 Å². The van der Waals surface area contributed by atoms with Crippen LogP contribution in [0.15, 0.2) is 24.4 Å². The van der Waals surface area contributed by atoms with Crippen LogP contribution in [0.3, 0.4) is 0 Å². The Morgan fingerprint density at radius 1 is 1.04 bits per heavy atom. The highest BCUT2D eigenvalue weighted by molar-refractivity contribution is 6.48. The van der Waals surface area contributed by atoms with Crippen molar-refractivity contribution in [2.24, 2.45) is 16.2 Å². The largest absolute Gasteiger partial charge is 0.290 e. The predicted molar refractivity (Wildman–Crippen MR) is 83.4 cm³/mol. The van der Waals surface area contributed by atoms with Crippen LogP contribution in [0.2, 0.25) is 0 Å². The summed E-state index contributed by atoms with van der Waals surface area (Å²) in [5.41, 5.74) is 1.64. The van der Waals surface area contributed by atoms with E-state index in [1.165, 1.54) is 12.3 Å². The lowest BCUT2D eigenvalue weighted by Crippen LogP contribution is -2.55. The van der Waals surface area contributed by atoms with E-state index in [-0.39, 0.29) is 5.69 Å². The summed E-state index contributed by atoms with van der Waals surface area (Å²) >= 11 is 0. The van der Waals surface area contributed by atoms with Gasteiger partial charge in [-0.2, -0.15) is 0 Å². The van der Waals surface area contributed by atoms with Crippen molar-refractivity contribution in [1.82, 2.24) is 15.8 Å². The highest BCUT2D eigenvalue weighted by Gasteiger charge is 2.77. The number of carbonyl (C=O) groups excluding carboxylic acids is 4. The van der Waals surface area contributed by atoms with Crippen LogP contribution >= 0.6 is 0 Å². The minimum Gasteiger partial charge on any atom is -0.290 e. The van der Waals surface area contributed by atoms with E-state index in [4.69, 9.17) is 0 Å². The fourth-order valence-electron chi connectivity index (χ4n) is 4.05. The second-order valence-electron chi connectivity index (χ2n) is 7.14. The van der Waals surface area contributed by atoms with Crippen molar-refractivity contribution in [2.45, 2.75) is 33.6 Å². The van der Waals surface area contributed by atoms with Crippen LogP contribution < -0.4 is 10.9 Å². The lowest BCUT2D eigenvalue weighted by molar-refractivity contribution is -0.149. The van der Waals surface area contributed by atoms with Gasteiger partial charge in [0.05, 0.1) is 0 Å². The molecule has 0 aromatic carbocycles. The van der Waals surface area contributed by atoms with Crippen LogP contribution in [0, 0.1) is 16.2 Å². The minimum absolute atomic E-state index is 0.139. The van der Waals surface area contributed by atoms with E-state index in [0.29, 0.717) is 12.8 Å². The number of pyridine rings is 1. The third kappa shape index (κ3) is 1.75. The summed E-state index contributed by atoms with van der Waals surface area (Å²) in [6.45, 7) is 5.27. The first-order valence-electron chi connectivity index (χ1n) is 7.79. The molecule has 0 spiro atoms. The molecule has 2 aliphatic rings. The van der Waals surface area contributed by atoms with Crippen LogP contribution in [0.4, 0.5) is 0 Å². The quantitative estimate of drug-likeness (QED) is 0.474. The number of hydrazine groups is 1. The van der Waals surface area contributed by atoms with E-state index in [0.717, 1.165) is 0 Å². The molecule has 2 amide bonds. The van der Waals surface area contributed by atoms with Crippen molar-refractivity contribution >= 4 is 23.4 Å². The van der Waals surface area contributed by atoms with E-state index >= 15 is 0 Å². The lowest BCUT2D eigenvalue weighted by atomic mass is 9.64. The van der Waals surface area contributed by atoms with Gasteiger partial charge < -0.3 is 0 Å². The van der Waals surface area contributed by atoms with Crippen LogP contribution in [0.5, 0.6) is 0 Å². The number of Topliss-reactive ketones (excluding diaryl/α,β-unsaturated/α-hetero) is 2. The number of aromatic nitrogens is 1.